The lowest BCUT2D eigenvalue weighted by Gasteiger charge is -2.22. The molecule has 0 saturated heterocycles. The molecular formula is C22H20ClNO2. The number of anilines is 1. The lowest BCUT2D eigenvalue weighted by Crippen LogP contribution is -2.10. The van der Waals surface area contributed by atoms with Crippen LogP contribution in [0.15, 0.2) is 83.6 Å². The van der Waals surface area contributed by atoms with Gasteiger partial charge in [-0.05, 0) is 30.2 Å². The number of rotatable bonds is 4. The van der Waals surface area contributed by atoms with Crippen LogP contribution in [0.25, 0.3) is 0 Å². The van der Waals surface area contributed by atoms with Crippen molar-refractivity contribution in [1.29, 1.82) is 0 Å². The summed E-state index contributed by atoms with van der Waals surface area (Å²) in [5.74, 6) is 1.09. The largest absolute Gasteiger partial charge is 0.504 e. The van der Waals surface area contributed by atoms with Gasteiger partial charge in [-0.1, -0.05) is 60.1 Å². The molecule has 0 amide bonds. The van der Waals surface area contributed by atoms with Crippen molar-refractivity contribution in [2.75, 3.05) is 12.4 Å². The Morgan fingerprint density at radius 3 is 2.81 bits per heavy atom. The van der Waals surface area contributed by atoms with E-state index in [2.05, 4.69) is 35.6 Å². The first-order valence-electron chi connectivity index (χ1n) is 8.64. The Kier molecular flexibility index (Phi) is 4.72. The summed E-state index contributed by atoms with van der Waals surface area (Å²) in [5.41, 5.74) is 4.39. The number of ether oxygens (including phenoxy) is 2. The first-order valence-corrected chi connectivity index (χ1v) is 9.01. The number of benzene rings is 2. The zero-order chi connectivity index (χ0) is 17.9. The van der Waals surface area contributed by atoms with Gasteiger partial charge in [-0.3, -0.25) is 0 Å². The molecule has 132 valence electrons. The molecule has 1 aliphatic heterocycles. The minimum absolute atomic E-state index is 0.169. The molecule has 2 unspecified atom stereocenters. The van der Waals surface area contributed by atoms with Crippen molar-refractivity contribution in [3.63, 3.8) is 0 Å². The second-order valence-electron chi connectivity index (χ2n) is 6.34. The third-order valence-electron chi connectivity index (χ3n) is 4.70. The molecular weight excluding hydrogens is 346 g/mol. The second kappa shape index (κ2) is 7.30. The normalized spacial score (nSPS) is 21.5. The molecule has 0 fully saturated rings. The lowest BCUT2D eigenvalue weighted by molar-refractivity contribution is 0.257. The molecule has 4 heteroatoms. The first kappa shape index (κ1) is 16.8. The van der Waals surface area contributed by atoms with Crippen LogP contribution in [0.1, 0.15) is 29.7 Å². The summed E-state index contributed by atoms with van der Waals surface area (Å²) in [7, 11) is 1.64. The van der Waals surface area contributed by atoms with Gasteiger partial charge in [-0.25, -0.2) is 0 Å². The minimum atomic E-state index is -0.169. The van der Waals surface area contributed by atoms with Crippen LogP contribution >= 0.6 is 11.6 Å². The number of halogens is 1. The zero-order valence-electron chi connectivity index (χ0n) is 14.5. The fourth-order valence-electron chi connectivity index (χ4n) is 3.44. The van der Waals surface area contributed by atoms with Crippen LogP contribution in [-0.2, 0) is 4.74 Å². The fourth-order valence-corrected chi connectivity index (χ4v) is 3.66. The Balaban J connectivity index is 1.67. The van der Waals surface area contributed by atoms with Gasteiger partial charge in [0.2, 0.25) is 0 Å². The van der Waals surface area contributed by atoms with E-state index in [4.69, 9.17) is 21.1 Å². The van der Waals surface area contributed by atoms with Crippen molar-refractivity contribution in [3.8, 4) is 5.75 Å². The van der Waals surface area contributed by atoms with Crippen LogP contribution < -0.4 is 10.1 Å². The SMILES string of the molecule is CO/C=C/C1=CC(Cl)=CCC1c1cccc2c1OC(c1ccccc1)N2. The smallest absolute Gasteiger partial charge is 0.196 e. The maximum Gasteiger partial charge on any atom is 0.196 e. The van der Waals surface area contributed by atoms with Gasteiger partial charge < -0.3 is 14.8 Å². The van der Waals surface area contributed by atoms with Crippen molar-refractivity contribution >= 4 is 17.3 Å². The Hall–Kier alpha value is -2.65. The lowest BCUT2D eigenvalue weighted by atomic mass is 9.84. The van der Waals surface area contributed by atoms with Crippen LogP contribution in [0.4, 0.5) is 5.69 Å². The maximum absolute atomic E-state index is 6.31. The van der Waals surface area contributed by atoms with Crippen LogP contribution in [0.5, 0.6) is 5.75 Å². The average Bonchev–Trinajstić information content (AvgIpc) is 3.12. The van der Waals surface area contributed by atoms with Gasteiger partial charge in [0.05, 0.1) is 19.1 Å². The van der Waals surface area contributed by atoms with Crippen LogP contribution in [0.3, 0.4) is 0 Å². The first-order chi connectivity index (χ1) is 12.8. The fraction of sp³-hybridized carbons (Fsp3) is 0.182. The summed E-state index contributed by atoms with van der Waals surface area (Å²) in [6, 6.07) is 16.4. The topological polar surface area (TPSA) is 30.5 Å². The predicted molar refractivity (Wildman–Crippen MR) is 105 cm³/mol. The van der Waals surface area contributed by atoms with Gasteiger partial charge >= 0.3 is 0 Å². The maximum atomic E-state index is 6.31. The van der Waals surface area contributed by atoms with E-state index < -0.39 is 0 Å². The summed E-state index contributed by atoms with van der Waals surface area (Å²) in [4.78, 5) is 0. The molecule has 4 rings (SSSR count). The van der Waals surface area contributed by atoms with Crippen molar-refractivity contribution in [2.24, 2.45) is 0 Å². The molecule has 0 saturated carbocycles. The van der Waals surface area contributed by atoms with Gasteiger partial charge in [0.1, 0.15) is 5.75 Å². The number of para-hydroxylation sites is 1. The van der Waals surface area contributed by atoms with E-state index >= 15 is 0 Å². The number of methoxy groups -OCH3 is 1. The Morgan fingerprint density at radius 1 is 1.15 bits per heavy atom. The van der Waals surface area contributed by atoms with Crippen molar-refractivity contribution in [2.45, 2.75) is 18.6 Å². The predicted octanol–water partition coefficient (Wildman–Crippen LogP) is 5.89. The molecule has 1 heterocycles. The number of fused-ring (bicyclic) bond motifs is 1. The zero-order valence-corrected chi connectivity index (χ0v) is 15.2. The Morgan fingerprint density at radius 2 is 2.00 bits per heavy atom. The molecule has 2 atom stereocenters. The van der Waals surface area contributed by atoms with Crippen LogP contribution in [-0.4, -0.2) is 7.11 Å². The van der Waals surface area contributed by atoms with Gasteiger partial charge in [0.25, 0.3) is 0 Å². The molecule has 1 N–H and O–H groups in total. The van der Waals surface area contributed by atoms with E-state index in [-0.39, 0.29) is 12.1 Å². The molecule has 26 heavy (non-hydrogen) atoms. The van der Waals surface area contributed by atoms with E-state index in [0.29, 0.717) is 0 Å². The number of allylic oxidation sites excluding steroid dienone is 5. The van der Waals surface area contributed by atoms with Crippen LogP contribution in [0, 0.1) is 0 Å². The van der Waals surface area contributed by atoms with Gasteiger partial charge in [0.15, 0.2) is 6.23 Å². The molecule has 0 bridgehead atoms. The molecule has 0 spiro atoms. The highest BCUT2D eigenvalue weighted by Crippen LogP contribution is 2.47. The van der Waals surface area contributed by atoms with Crippen molar-refractivity contribution in [1.82, 2.24) is 0 Å². The van der Waals surface area contributed by atoms with E-state index in [1.165, 1.54) is 0 Å². The van der Waals surface area contributed by atoms with Gasteiger partial charge in [-0.2, -0.15) is 0 Å². The van der Waals surface area contributed by atoms with Crippen molar-refractivity contribution in [3.05, 3.63) is 94.8 Å². The highest BCUT2D eigenvalue weighted by molar-refractivity contribution is 6.31. The van der Waals surface area contributed by atoms with E-state index in [9.17, 15) is 0 Å². The average molecular weight is 366 g/mol. The second-order valence-corrected chi connectivity index (χ2v) is 6.77. The van der Waals surface area contributed by atoms with E-state index in [1.807, 2.05) is 36.4 Å². The monoisotopic (exact) mass is 365 g/mol. The van der Waals surface area contributed by atoms with Gasteiger partial charge in [0, 0.05) is 22.1 Å². The van der Waals surface area contributed by atoms with E-state index in [0.717, 1.165) is 39.6 Å². The highest BCUT2D eigenvalue weighted by atomic mass is 35.5. The quantitative estimate of drug-likeness (QED) is 0.685. The third kappa shape index (κ3) is 3.23. The summed E-state index contributed by atoms with van der Waals surface area (Å²) < 4.78 is 11.4. The summed E-state index contributed by atoms with van der Waals surface area (Å²) >= 11 is 6.23. The molecule has 0 aromatic heterocycles. The van der Waals surface area contributed by atoms with Crippen LogP contribution in [0.2, 0.25) is 0 Å². The molecule has 0 radical (unpaired) electrons. The molecule has 2 aliphatic rings. The standard InChI is InChI=1S/C22H20ClNO2/c1-25-13-12-16-14-17(23)10-11-18(16)19-8-5-9-20-21(19)26-22(24-20)15-6-3-2-4-7-15/h2-10,12-14,18,22,24H,11H2,1H3/b13-12+. The Bertz CT molecular complexity index is 886. The summed E-state index contributed by atoms with van der Waals surface area (Å²) in [6.45, 7) is 0. The highest BCUT2D eigenvalue weighted by Gasteiger charge is 2.29. The number of hydrogen-bond acceptors (Lipinski definition) is 3. The molecule has 3 nitrogen and oxygen atoms in total. The molecule has 1 aliphatic carbocycles. The van der Waals surface area contributed by atoms with Crippen molar-refractivity contribution < 1.29 is 9.47 Å². The third-order valence-corrected chi connectivity index (χ3v) is 4.96. The van der Waals surface area contributed by atoms with Gasteiger partial charge in [-0.15, -0.1) is 0 Å². The number of hydrogen-bond donors (Lipinski definition) is 1. The van der Waals surface area contributed by atoms with E-state index in [1.54, 1.807) is 13.4 Å². The summed E-state index contributed by atoms with van der Waals surface area (Å²) in [6.07, 6.45) is 8.35. The Labute approximate surface area is 158 Å². The summed E-state index contributed by atoms with van der Waals surface area (Å²) in [5, 5.41) is 4.23. The minimum Gasteiger partial charge on any atom is -0.504 e. The number of nitrogens with one attached hydrogen (secondary N) is 1. The molecule has 2 aromatic rings. The molecule has 2 aromatic carbocycles.